The average molecular weight is 364 g/mol. The van der Waals surface area contributed by atoms with Gasteiger partial charge in [-0.05, 0) is 24.6 Å². The molecule has 1 amide bonds. The van der Waals surface area contributed by atoms with Gasteiger partial charge in [-0.3, -0.25) is 4.79 Å². The van der Waals surface area contributed by atoms with Gasteiger partial charge < -0.3 is 9.32 Å². The molecule has 6 nitrogen and oxygen atoms in total. The fourth-order valence-corrected chi connectivity index (χ4v) is 3.28. The molecule has 2 rings (SSSR count). The summed E-state index contributed by atoms with van der Waals surface area (Å²) in [7, 11) is -3.43. The minimum Gasteiger partial charge on any atom is -0.468 e. The summed E-state index contributed by atoms with van der Waals surface area (Å²) in [6, 6.07) is 13.2. The molecule has 25 heavy (non-hydrogen) atoms. The van der Waals surface area contributed by atoms with Gasteiger partial charge in [0.25, 0.3) is 0 Å². The van der Waals surface area contributed by atoms with Crippen molar-refractivity contribution in [3.05, 3.63) is 60.1 Å². The van der Waals surface area contributed by atoms with E-state index >= 15 is 0 Å². The highest BCUT2D eigenvalue weighted by Crippen LogP contribution is 2.11. The first-order valence-electron chi connectivity index (χ1n) is 8.19. The number of benzene rings is 1. The number of amides is 1. The van der Waals surface area contributed by atoms with Crippen LogP contribution in [0.15, 0.2) is 53.1 Å². The Morgan fingerprint density at radius 1 is 1.08 bits per heavy atom. The molecule has 0 aliphatic heterocycles. The van der Waals surface area contributed by atoms with Crippen LogP contribution in [0.25, 0.3) is 0 Å². The van der Waals surface area contributed by atoms with Crippen molar-refractivity contribution < 1.29 is 17.6 Å². The Bertz CT molecular complexity index is 758. The first-order chi connectivity index (χ1) is 11.9. The van der Waals surface area contributed by atoms with Crippen molar-refractivity contribution in [2.24, 2.45) is 0 Å². The molecule has 0 fully saturated rings. The first kappa shape index (κ1) is 19.2. The molecule has 1 aromatic carbocycles. The lowest BCUT2D eigenvalue weighted by atomic mass is 10.2. The number of hydrogen-bond acceptors (Lipinski definition) is 4. The van der Waals surface area contributed by atoms with Gasteiger partial charge >= 0.3 is 0 Å². The molecule has 1 aromatic heterocycles. The lowest BCUT2D eigenvalue weighted by Crippen LogP contribution is -2.36. The van der Waals surface area contributed by atoms with Gasteiger partial charge in [0.15, 0.2) is 0 Å². The van der Waals surface area contributed by atoms with Gasteiger partial charge in [0.1, 0.15) is 5.76 Å². The molecule has 0 N–H and O–H groups in total. The summed E-state index contributed by atoms with van der Waals surface area (Å²) in [6.07, 6.45) is 2.77. The van der Waals surface area contributed by atoms with Gasteiger partial charge in [0, 0.05) is 26.1 Å². The summed E-state index contributed by atoms with van der Waals surface area (Å²) in [4.78, 5) is 14.2. The molecule has 0 saturated carbocycles. The minimum absolute atomic E-state index is 0.0700. The predicted molar refractivity (Wildman–Crippen MR) is 96.1 cm³/mol. The van der Waals surface area contributed by atoms with E-state index in [4.69, 9.17) is 4.42 Å². The number of nitrogens with zero attached hydrogens (tertiary/aromatic N) is 2. The van der Waals surface area contributed by atoms with E-state index in [2.05, 4.69) is 0 Å². The van der Waals surface area contributed by atoms with Crippen LogP contribution in [0.1, 0.15) is 24.7 Å². The zero-order chi connectivity index (χ0) is 18.3. The van der Waals surface area contributed by atoms with Crippen LogP contribution in [0.5, 0.6) is 0 Å². The Kier molecular flexibility index (Phi) is 6.78. The first-order valence-corrected chi connectivity index (χ1v) is 10.0. The maximum absolute atomic E-state index is 12.5. The highest BCUT2D eigenvalue weighted by Gasteiger charge is 2.21. The molecular weight excluding hydrogens is 340 g/mol. The molecule has 0 saturated heterocycles. The number of rotatable bonds is 9. The summed E-state index contributed by atoms with van der Waals surface area (Å²) in [5.41, 5.74) is 1.05. The van der Waals surface area contributed by atoms with Gasteiger partial charge in [-0.15, -0.1) is 0 Å². The largest absolute Gasteiger partial charge is 0.468 e. The van der Waals surface area contributed by atoms with E-state index in [0.717, 1.165) is 11.8 Å². The second-order valence-electron chi connectivity index (χ2n) is 5.82. The SMILES string of the molecule is CCN(Cc1ccccc1)C(=O)CCN(Cc1ccco1)S(C)(=O)=O. The monoisotopic (exact) mass is 364 g/mol. The Balaban J connectivity index is 1.96. The molecule has 0 radical (unpaired) electrons. The Morgan fingerprint density at radius 2 is 1.80 bits per heavy atom. The number of sulfonamides is 1. The summed E-state index contributed by atoms with van der Waals surface area (Å²) in [6.45, 7) is 3.27. The Labute approximate surface area is 149 Å². The molecule has 1 heterocycles. The predicted octanol–water partition coefficient (Wildman–Crippen LogP) is 2.48. The average Bonchev–Trinajstić information content (AvgIpc) is 3.09. The van der Waals surface area contributed by atoms with E-state index in [1.165, 1.54) is 10.6 Å². The van der Waals surface area contributed by atoms with Gasteiger partial charge in [0.2, 0.25) is 15.9 Å². The normalized spacial score (nSPS) is 11.6. The Hall–Kier alpha value is -2.12. The summed E-state index contributed by atoms with van der Waals surface area (Å²) in [5, 5.41) is 0. The van der Waals surface area contributed by atoms with Crippen molar-refractivity contribution in [3.63, 3.8) is 0 Å². The second kappa shape index (κ2) is 8.82. The van der Waals surface area contributed by atoms with Crippen LogP contribution in [-0.2, 0) is 27.9 Å². The second-order valence-corrected chi connectivity index (χ2v) is 7.80. The van der Waals surface area contributed by atoms with Crippen LogP contribution in [0.2, 0.25) is 0 Å². The molecule has 0 atom stereocenters. The standard InChI is InChI=1S/C18H24N2O4S/c1-3-19(14-16-8-5-4-6-9-16)18(21)11-12-20(25(2,22)23)15-17-10-7-13-24-17/h4-10,13H,3,11-12,14-15H2,1-2H3. The van der Waals surface area contributed by atoms with E-state index in [1.807, 2.05) is 37.3 Å². The zero-order valence-electron chi connectivity index (χ0n) is 14.6. The van der Waals surface area contributed by atoms with Crippen LogP contribution in [0.4, 0.5) is 0 Å². The molecule has 0 bridgehead atoms. The van der Waals surface area contributed by atoms with Gasteiger partial charge in [-0.25, -0.2) is 8.42 Å². The highest BCUT2D eigenvalue weighted by molar-refractivity contribution is 7.88. The molecule has 0 unspecified atom stereocenters. The van der Waals surface area contributed by atoms with Crippen molar-refractivity contribution in [3.8, 4) is 0 Å². The topological polar surface area (TPSA) is 70.8 Å². The van der Waals surface area contributed by atoms with Crippen molar-refractivity contribution in [1.82, 2.24) is 9.21 Å². The quantitative estimate of drug-likeness (QED) is 0.685. The smallest absolute Gasteiger partial charge is 0.224 e. The van der Waals surface area contributed by atoms with Crippen molar-refractivity contribution in [1.29, 1.82) is 0 Å². The fraction of sp³-hybridized carbons (Fsp3) is 0.389. The lowest BCUT2D eigenvalue weighted by molar-refractivity contribution is -0.131. The van der Waals surface area contributed by atoms with E-state index < -0.39 is 10.0 Å². The van der Waals surface area contributed by atoms with E-state index in [0.29, 0.717) is 18.8 Å². The zero-order valence-corrected chi connectivity index (χ0v) is 15.4. The third-order valence-corrected chi connectivity index (χ3v) is 5.16. The molecule has 136 valence electrons. The molecule has 7 heteroatoms. The fourth-order valence-electron chi connectivity index (χ4n) is 2.50. The maximum Gasteiger partial charge on any atom is 0.224 e. The Morgan fingerprint density at radius 3 is 2.36 bits per heavy atom. The molecule has 0 aliphatic rings. The minimum atomic E-state index is -3.43. The van der Waals surface area contributed by atoms with Crippen LogP contribution in [0.3, 0.4) is 0 Å². The third-order valence-electron chi connectivity index (χ3n) is 3.91. The number of furan rings is 1. The van der Waals surface area contributed by atoms with Gasteiger partial charge in [-0.1, -0.05) is 30.3 Å². The van der Waals surface area contributed by atoms with Crippen LogP contribution < -0.4 is 0 Å². The van der Waals surface area contributed by atoms with E-state index in [1.54, 1.807) is 17.0 Å². The van der Waals surface area contributed by atoms with Crippen molar-refractivity contribution >= 4 is 15.9 Å². The molecule has 0 aliphatic carbocycles. The lowest BCUT2D eigenvalue weighted by Gasteiger charge is -2.23. The van der Waals surface area contributed by atoms with E-state index in [9.17, 15) is 13.2 Å². The molecular formula is C18H24N2O4S. The molecule has 2 aromatic rings. The summed E-state index contributed by atoms with van der Waals surface area (Å²) in [5.74, 6) is 0.481. The van der Waals surface area contributed by atoms with E-state index in [-0.39, 0.29) is 25.4 Å². The van der Waals surface area contributed by atoms with Crippen LogP contribution >= 0.6 is 0 Å². The number of carbonyl (C=O) groups is 1. The highest BCUT2D eigenvalue weighted by atomic mass is 32.2. The van der Waals surface area contributed by atoms with Crippen molar-refractivity contribution in [2.45, 2.75) is 26.4 Å². The van der Waals surface area contributed by atoms with Gasteiger partial charge in [-0.2, -0.15) is 4.31 Å². The maximum atomic E-state index is 12.5. The van der Waals surface area contributed by atoms with Crippen molar-refractivity contribution in [2.75, 3.05) is 19.3 Å². The van der Waals surface area contributed by atoms with Gasteiger partial charge in [0.05, 0.1) is 19.1 Å². The van der Waals surface area contributed by atoms with Crippen LogP contribution in [-0.4, -0.2) is 42.9 Å². The third kappa shape index (κ3) is 6.03. The van der Waals surface area contributed by atoms with Crippen LogP contribution in [0, 0.1) is 0 Å². The summed E-state index contributed by atoms with van der Waals surface area (Å²) >= 11 is 0. The molecule has 0 spiro atoms. The number of hydrogen-bond donors (Lipinski definition) is 0. The number of carbonyl (C=O) groups excluding carboxylic acids is 1. The summed E-state index contributed by atoms with van der Waals surface area (Å²) < 4.78 is 30.4.